The van der Waals surface area contributed by atoms with Crippen LogP contribution in [-0.4, -0.2) is 5.25 Å². The highest BCUT2D eigenvalue weighted by Gasteiger charge is 2.34. The van der Waals surface area contributed by atoms with Crippen molar-refractivity contribution in [3.63, 3.8) is 0 Å². The minimum absolute atomic E-state index is 2.24. The Balaban J connectivity index is 4.40. The van der Waals surface area contributed by atoms with Gasteiger partial charge in [-0.2, -0.15) is 22.0 Å². The predicted octanol–water partition coefficient (Wildman–Crippen LogP) is 2.59. The van der Waals surface area contributed by atoms with Crippen molar-refractivity contribution >= 4 is 12.6 Å². The zero-order valence-electron chi connectivity index (χ0n) is 3.84. The summed E-state index contributed by atoms with van der Waals surface area (Å²) < 4.78 is 55.8. The van der Waals surface area contributed by atoms with E-state index >= 15 is 0 Å². The van der Waals surface area contributed by atoms with E-state index in [-0.39, 0.29) is 0 Å². The number of thiol groups is 1. The smallest absolute Gasteiger partial charge is 0.198 e. The van der Waals surface area contributed by atoms with Crippen LogP contribution in [0.2, 0.25) is 0 Å². The van der Waals surface area contributed by atoms with Gasteiger partial charge in [-0.15, -0.1) is 0 Å². The average molecular weight is 164 g/mol. The molecule has 0 saturated carbocycles. The number of hydrogen-bond acceptors (Lipinski definition) is 1. The molecular formula is C3HF5S. The quantitative estimate of drug-likeness (QED) is 0.447. The van der Waals surface area contributed by atoms with Crippen LogP contribution in [0.1, 0.15) is 0 Å². The Morgan fingerprint density at radius 2 is 1.44 bits per heavy atom. The lowest BCUT2D eigenvalue weighted by Gasteiger charge is -2.02. The lowest BCUT2D eigenvalue weighted by molar-refractivity contribution is 0.110. The second-order valence-electron chi connectivity index (χ2n) is 1.12. The second-order valence-corrected chi connectivity index (χ2v) is 1.68. The minimum Gasteiger partial charge on any atom is -0.198 e. The van der Waals surface area contributed by atoms with E-state index in [9.17, 15) is 22.0 Å². The minimum atomic E-state index is -4.36. The largest absolute Gasteiger partial charge is 0.347 e. The summed E-state index contributed by atoms with van der Waals surface area (Å²) in [5.74, 6) is -2.80. The number of alkyl halides is 2. The molecule has 0 aromatic carbocycles. The van der Waals surface area contributed by atoms with Crippen molar-refractivity contribution in [3.8, 4) is 0 Å². The van der Waals surface area contributed by atoms with E-state index in [4.69, 9.17) is 0 Å². The highest BCUT2D eigenvalue weighted by molar-refractivity contribution is 7.81. The molecule has 0 spiro atoms. The SMILES string of the molecule is FC(F)=C(F)C(F)(F)S. The highest BCUT2D eigenvalue weighted by atomic mass is 32.1. The van der Waals surface area contributed by atoms with E-state index in [1.807, 2.05) is 0 Å². The third-order valence-electron chi connectivity index (χ3n) is 0.430. The third kappa shape index (κ3) is 2.69. The van der Waals surface area contributed by atoms with Crippen LogP contribution in [-0.2, 0) is 0 Å². The summed E-state index contributed by atoms with van der Waals surface area (Å²) in [6, 6.07) is 0. The van der Waals surface area contributed by atoms with Crippen molar-refractivity contribution in [2.45, 2.75) is 5.25 Å². The van der Waals surface area contributed by atoms with Gasteiger partial charge >= 0.3 is 11.3 Å². The molecule has 0 radical (unpaired) electrons. The van der Waals surface area contributed by atoms with Gasteiger partial charge in [0.1, 0.15) is 0 Å². The average Bonchev–Trinajstić information content (AvgIpc) is 1.62. The van der Waals surface area contributed by atoms with E-state index in [1.54, 1.807) is 0 Å². The standard InChI is InChI=1S/C3HF5S/c4-1(2(5)6)3(7,8)9/h9H. The number of halogens is 5. The van der Waals surface area contributed by atoms with Crippen LogP contribution in [0.15, 0.2) is 11.9 Å². The molecule has 0 bridgehead atoms. The van der Waals surface area contributed by atoms with Crippen molar-refractivity contribution in [2.75, 3.05) is 0 Å². The second kappa shape index (κ2) is 2.55. The van der Waals surface area contributed by atoms with Crippen LogP contribution in [0.5, 0.6) is 0 Å². The lowest BCUT2D eigenvalue weighted by Crippen LogP contribution is -2.06. The van der Waals surface area contributed by atoms with Gasteiger partial charge in [0.25, 0.3) is 0 Å². The summed E-state index contributed by atoms with van der Waals surface area (Å²) in [5.41, 5.74) is 0. The molecule has 0 saturated heterocycles. The maximum Gasteiger partial charge on any atom is 0.347 e. The molecular weight excluding hydrogens is 163 g/mol. The van der Waals surface area contributed by atoms with Crippen LogP contribution in [0.4, 0.5) is 22.0 Å². The summed E-state index contributed by atoms with van der Waals surface area (Å²) in [5, 5.41) is -4.36. The molecule has 54 valence electrons. The van der Waals surface area contributed by atoms with Gasteiger partial charge in [-0.3, -0.25) is 0 Å². The van der Waals surface area contributed by atoms with E-state index < -0.39 is 17.2 Å². The highest BCUT2D eigenvalue weighted by Crippen LogP contribution is 2.31. The normalized spacial score (nSPS) is 11.3. The van der Waals surface area contributed by atoms with Crippen LogP contribution in [0, 0.1) is 0 Å². The Bertz CT molecular complexity index is 130. The zero-order chi connectivity index (χ0) is 7.65. The third-order valence-corrected chi connectivity index (χ3v) is 0.626. The Kier molecular flexibility index (Phi) is 2.48. The first-order valence-corrected chi connectivity index (χ1v) is 2.12. The molecule has 0 aliphatic carbocycles. The molecule has 0 atom stereocenters. The maximum atomic E-state index is 11.3. The molecule has 0 heterocycles. The Morgan fingerprint density at radius 1 is 1.11 bits per heavy atom. The van der Waals surface area contributed by atoms with Gasteiger partial charge in [-0.1, -0.05) is 12.6 Å². The molecule has 0 aromatic rings. The van der Waals surface area contributed by atoms with Crippen LogP contribution < -0.4 is 0 Å². The summed E-state index contributed by atoms with van der Waals surface area (Å²) >= 11 is 2.24. The topological polar surface area (TPSA) is 0 Å². The van der Waals surface area contributed by atoms with E-state index in [2.05, 4.69) is 12.6 Å². The first-order valence-electron chi connectivity index (χ1n) is 1.67. The lowest BCUT2D eigenvalue weighted by atomic mass is 10.6. The zero-order valence-corrected chi connectivity index (χ0v) is 4.73. The van der Waals surface area contributed by atoms with E-state index in [1.165, 1.54) is 0 Å². The molecule has 0 aliphatic heterocycles. The molecule has 0 aromatic heterocycles. The Morgan fingerprint density at radius 3 is 1.44 bits per heavy atom. The van der Waals surface area contributed by atoms with Crippen LogP contribution >= 0.6 is 12.6 Å². The van der Waals surface area contributed by atoms with E-state index in [0.717, 1.165) is 0 Å². The summed E-state index contributed by atoms with van der Waals surface area (Å²) in [6.07, 6.45) is -3.05. The van der Waals surface area contributed by atoms with Gasteiger partial charge in [-0.25, -0.2) is 0 Å². The summed E-state index contributed by atoms with van der Waals surface area (Å²) in [6.45, 7) is 0. The predicted molar refractivity (Wildman–Crippen MR) is 24.3 cm³/mol. The number of rotatable bonds is 1. The van der Waals surface area contributed by atoms with Crippen molar-refractivity contribution in [3.05, 3.63) is 11.9 Å². The van der Waals surface area contributed by atoms with Gasteiger partial charge in [0.15, 0.2) is 0 Å². The molecule has 0 N–H and O–H groups in total. The fourth-order valence-corrected chi connectivity index (χ4v) is 0.198. The first kappa shape index (κ1) is 8.74. The van der Waals surface area contributed by atoms with E-state index in [0.29, 0.717) is 0 Å². The summed E-state index contributed by atoms with van der Waals surface area (Å²) in [7, 11) is 0. The molecule has 0 nitrogen and oxygen atoms in total. The number of hydrogen-bond donors (Lipinski definition) is 1. The van der Waals surface area contributed by atoms with Crippen molar-refractivity contribution in [1.82, 2.24) is 0 Å². The van der Waals surface area contributed by atoms with Crippen molar-refractivity contribution in [1.29, 1.82) is 0 Å². The molecule has 9 heavy (non-hydrogen) atoms. The molecule has 0 amide bonds. The summed E-state index contributed by atoms with van der Waals surface area (Å²) in [4.78, 5) is 0. The molecule has 0 rings (SSSR count). The van der Waals surface area contributed by atoms with Gasteiger partial charge in [0.2, 0.25) is 5.83 Å². The van der Waals surface area contributed by atoms with Gasteiger partial charge in [0.05, 0.1) is 0 Å². The fraction of sp³-hybridized carbons (Fsp3) is 0.333. The fourth-order valence-electron chi connectivity index (χ4n) is 0.114. The van der Waals surface area contributed by atoms with Crippen LogP contribution in [0.3, 0.4) is 0 Å². The van der Waals surface area contributed by atoms with Crippen molar-refractivity contribution < 1.29 is 22.0 Å². The van der Waals surface area contributed by atoms with Crippen molar-refractivity contribution in [2.24, 2.45) is 0 Å². The van der Waals surface area contributed by atoms with Gasteiger partial charge in [-0.05, 0) is 0 Å². The molecule has 0 fully saturated rings. The van der Waals surface area contributed by atoms with Gasteiger partial charge in [0, 0.05) is 0 Å². The molecule has 0 aliphatic rings. The van der Waals surface area contributed by atoms with Gasteiger partial charge < -0.3 is 0 Å². The molecule has 0 unspecified atom stereocenters. The molecule has 6 heteroatoms. The first-order chi connectivity index (χ1) is 3.85. The van der Waals surface area contributed by atoms with Crippen LogP contribution in [0.25, 0.3) is 0 Å². The Hall–Kier alpha value is -0.260. The monoisotopic (exact) mass is 164 g/mol. The Labute approximate surface area is 52.8 Å². The maximum absolute atomic E-state index is 11.3.